The normalized spacial score (nSPS) is 20.9. The van der Waals surface area contributed by atoms with E-state index in [9.17, 15) is 21.6 Å². The number of nitrogens with one attached hydrogen (secondary N) is 2. The second-order valence-electron chi connectivity index (χ2n) is 4.14. The number of halogens is 3. The van der Waals surface area contributed by atoms with Crippen LogP contribution in [0.1, 0.15) is 12.8 Å². The van der Waals surface area contributed by atoms with Gasteiger partial charge in [0.1, 0.15) is 6.54 Å². The van der Waals surface area contributed by atoms with E-state index in [0.29, 0.717) is 26.1 Å². The maximum absolute atomic E-state index is 11.9. The molecule has 1 heterocycles. The molecule has 0 unspecified atom stereocenters. The van der Waals surface area contributed by atoms with Gasteiger partial charge in [0, 0.05) is 19.8 Å². The minimum atomic E-state index is -4.60. The van der Waals surface area contributed by atoms with Gasteiger partial charge in [0.2, 0.25) is 0 Å². The van der Waals surface area contributed by atoms with Gasteiger partial charge in [0.15, 0.2) is 0 Å². The largest absolute Gasteiger partial charge is 0.402 e. The van der Waals surface area contributed by atoms with E-state index in [0.717, 1.165) is 0 Å². The number of nitrogens with two attached hydrogens (primary N) is 1. The molecule has 1 rings (SSSR count). The summed E-state index contributed by atoms with van der Waals surface area (Å²) in [4.78, 5) is 0. The molecular formula is C8H16F3N3O3S. The van der Waals surface area contributed by atoms with Crippen LogP contribution in [0.15, 0.2) is 0 Å². The molecule has 108 valence electrons. The minimum absolute atomic E-state index is 0.00326. The lowest BCUT2D eigenvalue weighted by molar-refractivity contribution is -0.121. The Bertz CT molecular complexity index is 366. The zero-order valence-electron chi connectivity index (χ0n) is 9.59. The maximum atomic E-state index is 11.9. The molecule has 0 aromatic rings. The molecule has 0 atom stereocenters. The monoisotopic (exact) mass is 291 g/mol. The van der Waals surface area contributed by atoms with Crippen molar-refractivity contribution >= 4 is 10.2 Å². The Morgan fingerprint density at radius 3 is 2.28 bits per heavy atom. The van der Waals surface area contributed by atoms with Crippen LogP contribution in [-0.2, 0) is 14.9 Å². The first-order valence-electron chi connectivity index (χ1n) is 5.31. The topological polar surface area (TPSA) is 93.5 Å². The Kier molecular flexibility index (Phi) is 4.95. The lowest BCUT2D eigenvalue weighted by atomic mass is 9.92. The maximum Gasteiger partial charge on any atom is 0.402 e. The van der Waals surface area contributed by atoms with Crippen molar-refractivity contribution in [1.82, 2.24) is 9.44 Å². The van der Waals surface area contributed by atoms with Gasteiger partial charge in [0.05, 0.1) is 5.54 Å². The summed E-state index contributed by atoms with van der Waals surface area (Å²) < 4.78 is 67.5. The zero-order chi connectivity index (χ0) is 13.9. The molecule has 4 N–H and O–H groups in total. The van der Waals surface area contributed by atoms with Crippen LogP contribution in [-0.4, -0.2) is 46.4 Å². The van der Waals surface area contributed by atoms with Crippen molar-refractivity contribution in [3.63, 3.8) is 0 Å². The van der Waals surface area contributed by atoms with Crippen molar-refractivity contribution in [2.75, 3.05) is 26.3 Å². The molecule has 0 aliphatic carbocycles. The van der Waals surface area contributed by atoms with Crippen molar-refractivity contribution in [3.8, 4) is 0 Å². The third-order valence-corrected chi connectivity index (χ3v) is 3.88. The van der Waals surface area contributed by atoms with Gasteiger partial charge < -0.3 is 10.5 Å². The fourth-order valence-electron chi connectivity index (χ4n) is 1.61. The van der Waals surface area contributed by atoms with Gasteiger partial charge in [-0.3, -0.25) is 0 Å². The van der Waals surface area contributed by atoms with Crippen LogP contribution in [0.5, 0.6) is 0 Å². The number of rotatable bonds is 5. The number of hydrogen-bond donors (Lipinski definition) is 3. The molecule has 0 bridgehead atoms. The first-order valence-corrected chi connectivity index (χ1v) is 6.80. The quantitative estimate of drug-likeness (QED) is 0.635. The lowest BCUT2D eigenvalue weighted by Gasteiger charge is -2.36. The van der Waals surface area contributed by atoms with E-state index in [1.165, 1.54) is 4.72 Å². The van der Waals surface area contributed by atoms with Crippen LogP contribution < -0.4 is 15.2 Å². The summed E-state index contributed by atoms with van der Waals surface area (Å²) in [6.07, 6.45) is -3.94. The molecule has 18 heavy (non-hydrogen) atoms. The first-order chi connectivity index (χ1) is 8.18. The van der Waals surface area contributed by atoms with Crippen LogP contribution in [0.3, 0.4) is 0 Å². The highest BCUT2D eigenvalue weighted by Gasteiger charge is 2.37. The van der Waals surface area contributed by atoms with Crippen molar-refractivity contribution in [2.45, 2.75) is 24.6 Å². The summed E-state index contributed by atoms with van der Waals surface area (Å²) in [7, 11) is -4.24. The predicted molar refractivity (Wildman–Crippen MR) is 58.0 cm³/mol. The van der Waals surface area contributed by atoms with E-state index in [2.05, 4.69) is 4.72 Å². The molecule has 0 spiro atoms. The molecule has 1 aliphatic rings. The summed E-state index contributed by atoms with van der Waals surface area (Å²) >= 11 is 0. The minimum Gasteiger partial charge on any atom is -0.381 e. The highest BCUT2D eigenvalue weighted by molar-refractivity contribution is 7.87. The average Bonchev–Trinajstić information content (AvgIpc) is 2.27. The molecule has 0 saturated carbocycles. The molecule has 1 saturated heterocycles. The van der Waals surface area contributed by atoms with Crippen LogP contribution in [0.4, 0.5) is 13.2 Å². The van der Waals surface area contributed by atoms with Gasteiger partial charge >= 0.3 is 6.18 Å². The average molecular weight is 291 g/mol. The summed E-state index contributed by atoms with van der Waals surface area (Å²) in [5.41, 5.74) is 4.56. The lowest BCUT2D eigenvalue weighted by Crippen LogP contribution is -2.59. The van der Waals surface area contributed by atoms with Gasteiger partial charge in [-0.05, 0) is 12.8 Å². The fourth-order valence-corrected chi connectivity index (χ4v) is 2.89. The van der Waals surface area contributed by atoms with E-state index in [4.69, 9.17) is 10.5 Å². The second-order valence-corrected chi connectivity index (χ2v) is 5.64. The summed E-state index contributed by atoms with van der Waals surface area (Å²) in [5, 5.41) is 0. The van der Waals surface area contributed by atoms with E-state index < -0.39 is 28.5 Å². The molecule has 10 heteroatoms. The molecule has 0 amide bonds. The van der Waals surface area contributed by atoms with E-state index in [1.54, 1.807) is 0 Å². The van der Waals surface area contributed by atoms with Crippen molar-refractivity contribution in [1.29, 1.82) is 0 Å². The summed E-state index contributed by atoms with van der Waals surface area (Å²) in [6.45, 7) is -0.971. The van der Waals surface area contributed by atoms with Crippen LogP contribution in [0, 0.1) is 0 Å². The van der Waals surface area contributed by atoms with E-state index >= 15 is 0 Å². The van der Waals surface area contributed by atoms with Crippen molar-refractivity contribution in [2.24, 2.45) is 5.73 Å². The van der Waals surface area contributed by atoms with Crippen molar-refractivity contribution in [3.05, 3.63) is 0 Å². The standard InChI is InChI=1S/C8H16F3N3O3S/c9-8(10,11)6-13-18(15,16)14-7(5-12)1-3-17-4-2-7/h13-14H,1-6,12H2. The Morgan fingerprint density at radius 2 is 1.83 bits per heavy atom. The highest BCUT2D eigenvalue weighted by Crippen LogP contribution is 2.20. The molecule has 0 radical (unpaired) electrons. The van der Waals surface area contributed by atoms with Crippen LogP contribution in [0.25, 0.3) is 0 Å². The smallest absolute Gasteiger partial charge is 0.381 e. The highest BCUT2D eigenvalue weighted by atomic mass is 32.2. The summed E-state index contributed by atoms with van der Waals surface area (Å²) in [5.74, 6) is 0. The Labute approximate surface area is 103 Å². The summed E-state index contributed by atoms with van der Waals surface area (Å²) in [6, 6.07) is 0. The third kappa shape index (κ3) is 5.06. The van der Waals surface area contributed by atoms with Gasteiger partial charge in [0.25, 0.3) is 10.2 Å². The second kappa shape index (κ2) is 5.70. The molecule has 0 aromatic carbocycles. The van der Waals surface area contributed by atoms with Gasteiger partial charge in [-0.1, -0.05) is 0 Å². The SMILES string of the molecule is NCC1(NS(=O)(=O)NCC(F)(F)F)CCOCC1. The van der Waals surface area contributed by atoms with Gasteiger partial charge in [-0.15, -0.1) is 0 Å². The molecule has 1 aliphatic heterocycles. The van der Waals surface area contributed by atoms with Gasteiger partial charge in [-0.25, -0.2) is 0 Å². The van der Waals surface area contributed by atoms with Crippen LogP contribution >= 0.6 is 0 Å². The Balaban J connectivity index is 2.62. The third-order valence-electron chi connectivity index (χ3n) is 2.65. The number of hydrogen-bond acceptors (Lipinski definition) is 4. The fraction of sp³-hybridized carbons (Fsp3) is 1.00. The van der Waals surface area contributed by atoms with Gasteiger partial charge in [-0.2, -0.15) is 31.0 Å². The van der Waals surface area contributed by atoms with E-state index in [1.807, 2.05) is 0 Å². The first kappa shape index (κ1) is 15.6. The molecule has 0 aromatic heterocycles. The van der Waals surface area contributed by atoms with Crippen LogP contribution in [0.2, 0.25) is 0 Å². The molecule has 6 nitrogen and oxygen atoms in total. The zero-order valence-corrected chi connectivity index (χ0v) is 10.4. The Hall–Kier alpha value is -0.420. The molecule has 1 fully saturated rings. The van der Waals surface area contributed by atoms with Crippen molar-refractivity contribution < 1.29 is 26.3 Å². The number of ether oxygens (including phenoxy) is 1. The predicted octanol–water partition coefficient (Wildman–Crippen LogP) is -0.519. The number of alkyl halides is 3. The van der Waals surface area contributed by atoms with E-state index in [-0.39, 0.29) is 6.54 Å². The molecular weight excluding hydrogens is 275 g/mol. The Morgan fingerprint density at radius 1 is 1.28 bits per heavy atom.